The molecule has 1 amide bonds. The number of nitrogens with zero attached hydrogens (tertiary/aromatic N) is 1. The summed E-state index contributed by atoms with van der Waals surface area (Å²) in [7, 11) is 0. The summed E-state index contributed by atoms with van der Waals surface area (Å²) in [5.41, 5.74) is -0.513. The Morgan fingerprint density at radius 3 is 2.60 bits per heavy atom. The van der Waals surface area contributed by atoms with E-state index in [-0.39, 0.29) is 48.9 Å². The number of hydrogen-bond donors (Lipinski definition) is 1. The third-order valence-electron chi connectivity index (χ3n) is 4.39. The van der Waals surface area contributed by atoms with Gasteiger partial charge in [0.15, 0.2) is 0 Å². The van der Waals surface area contributed by atoms with Crippen LogP contribution in [0.5, 0.6) is 0 Å². The molecule has 1 atom stereocenters. The highest BCUT2D eigenvalue weighted by molar-refractivity contribution is 5.85. The van der Waals surface area contributed by atoms with Crippen molar-refractivity contribution in [3.05, 3.63) is 35.4 Å². The van der Waals surface area contributed by atoms with Gasteiger partial charge in [-0.3, -0.25) is 4.79 Å². The van der Waals surface area contributed by atoms with Gasteiger partial charge >= 0.3 is 6.18 Å². The molecule has 0 aromatic heterocycles. The molecule has 1 aliphatic carbocycles. The summed E-state index contributed by atoms with van der Waals surface area (Å²) in [4.78, 5) is 14.2. The maximum absolute atomic E-state index is 13.2. The summed E-state index contributed by atoms with van der Waals surface area (Å²) in [5, 5.41) is 3.21. The van der Waals surface area contributed by atoms with Crippen LogP contribution >= 0.6 is 12.4 Å². The van der Waals surface area contributed by atoms with E-state index < -0.39 is 11.7 Å². The highest BCUT2D eigenvalue weighted by Crippen LogP contribution is 2.35. The second kappa shape index (κ2) is 8.38. The molecule has 140 valence electrons. The minimum Gasteiger partial charge on any atom is -0.378 e. The van der Waals surface area contributed by atoms with Gasteiger partial charge in [-0.15, -0.1) is 12.4 Å². The van der Waals surface area contributed by atoms with Gasteiger partial charge in [0, 0.05) is 31.6 Å². The van der Waals surface area contributed by atoms with E-state index in [0.29, 0.717) is 19.8 Å². The van der Waals surface area contributed by atoms with Crippen LogP contribution in [0.2, 0.25) is 0 Å². The van der Waals surface area contributed by atoms with Crippen molar-refractivity contribution in [1.29, 1.82) is 0 Å². The lowest BCUT2D eigenvalue weighted by Crippen LogP contribution is -2.45. The van der Waals surface area contributed by atoms with E-state index in [1.165, 1.54) is 12.1 Å². The smallest absolute Gasteiger partial charge is 0.378 e. The number of ether oxygens (including phenoxy) is 1. The summed E-state index contributed by atoms with van der Waals surface area (Å²) >= 11 is 0. The number of carbonyl (C=O) groups excluding carboxylic acids is 1. The Hall–Kier alpha value is -1.31. The van der Waals surface area contributed by atoms with Crippen LogP contribution in [-0.2, 0) is 22.3 Å². The quantitative estimate of drug-likeness (QED) is 0.856. The van der Waals surface area contributed by atoms with E-state index in [4.69, 9.17) is 4.74 Å². The SMILES string of the molecule is Cl.O=C(CC1COCCN1)N(Cc1ccccc1C(F)(F)F)C1CC1. The summed E-state index contributed by atoms with van der Waals surface area (Å²) in [5.74, 6) is -0.113. The number of benzene rings is 1. The standard InChI is InChI=1S/C17H21F3N2O2.ClH/c18-17(19,20)15-4-2-1-3-12(15)10-22(14-5-6-14)16(23)9-13-11-24-8-7-21-13;/h1-4,13-14,21H,5-11H2;1H. The fourth-order valence-electron chi connectivity index (χ4n) is 3.00. The third kappa shape index (κ3) is 5.33. The average Bonchev–Trinajstić information content (AvgIpc) is 3.37. The number of nitrogens with one attached hydrogen (secondary N) is 1. The first-order valence-electron chi connectivity index (χ1n) is 8.21. The zero-order valence-electron chi connectivity index (χ0n) is 13.7. The zero-order chi connectivity index (χ0) is 17.2. The molecule has 4 nitrogen and oxygen atoms in total. The second-order valence-corrected chi connectivity index (χ2v) is 6.34. The summed E-state index contributed by atoms with van der Waals surface area (Å²) < 4.78 is 44.8. The Kier molecular flexibility index (Phi) is 6.71. The molecule has 3 rings (SSSR count). The van der Waals surface area contributed by atoms with Crippen molar-refractivity contribution < 1.29 is 22.7 Å². The van der Waals surface area contributed by atoms with Crippen LogP contribution in [0.25, 0.3) is 0 Å². The normalized spacial score (nSPS) is 20.7. The molecule has 8 heteroatoms. The van der Waals surface area contributed by atoms with E-state index >= 15 is 0 Å². The van der Waals surface area contributed by atoms with Crippen molar-refractivity contribution in [3.63, 3.8) is 0 Å². The van der Waals surface area contributed by atoms with Crippen LogP contribution in [0.15, 0.2) is 24.3 Å². The molecule has 2 aliphatic rings. The van der Waals surface area contributed by atoms with Crippen molar-refractivity contribution in [3.8, 4) is 0 Å². The molecule has 0 spiro atoms. The van der Waals surface area contributed by atoms with Crippen molar-refractivity contribution in [2.24, 2.45) is 0 Å². The van der Waals surface area contributed by atoms with Crippen molar-refractivity contribution >= 4 is 18.3 Å². The van der Waals surface area contributed by atoms with Gasteiger partial charge in [-0.25, -0.2) is 0 Å². The van der Waals surface area contributed by atoms with Gasteiger partial charge in [-0.2, -0.15) is 13.2 Å². The van der Waals surface area contributed by atoms with Crippen LogP contribution in [-0.4, -0.2) is 42.6 Å². The van der Waals surface area contributed by atoms with E-state index in [2.05, 4.69) is 5.32 Å². The Morgan fingerprint density at radius 1 is 1.28 bits per heavy atom. The van der Waals surface area contributed by atoms with Crippen LogP contribution in [0.3, 0.4) is 0 Å². The molecule has 1 saturated heterocycles. The minimum absolute atomic E-state index is 0. The average molecular weight is 379 g/mol. The topological polar surface area (TPSA) is 41.6 Å². The van der Waals surface area contributed by atoms with Crippen LogP contribution in [0.4, 0.5) is 13.2 Å². The first-order valence-corrected chi connectivity index (χ1v) is 8.21. The Bertz CT molecular complexity index is 588. The first kappa shape index (κ1) is 20.0. The Morgan fingerprint density at radius 2 is 2.00 bits per heavy atom. The van der Waals surface area contributed by atoms with Gasteiger partial charge < -0.3 is 15.0 Å². The lowest BCUT2D eigenvalue weighted by molar-refractivity contribution is -0.140. The summed E-state index contributed by atoms with van der Waals surface area (Å²) in [6, 6.07) is 5.47. The number of amides is 1. The molecular weight excluding hydrogens is 357 g/mol. The number of hydrogen-bond acceptors (Lipinski definition) is 3. The second-order valence-electron chi connectivity index (χ2n) is 6.34. The highest BCUT2D eigenvalue weighted by atomic mass is 35.5. The fraction of sp³-hybridized carbons (Fsp3) is 0.588. The fourth-order valence-corrected chi connectivity index (χ4v) is 3.00. The van der Waals surface area contributed by atoms with E-state index in [1.54, 1.807) is 11.0 Å². The zero-order valence-corrected chi connectivity index (χ0v) is 14.5. The van der Waals surface area contributed by atoms with Crippen molar-refractivity contribution in [2.75, 3.05) is 19.8 Å². The molecule has 1 aromatic carbocycles. The van der Waals surface area contributed by atoms with Gasteiger partial charge in [0.25, 0.3) is 0 Å². The van der Waals surface area contributed by atoms with Crippen molar-refractivity contribution in [1.82, 2.24) is 10.2 Å². The number of halogens is 4. The van der Waals surface area contributed by atoms with E-state index in [9.17, 15) is 18.0 Å². The largest absolute Gasteiger partial charge is 0.416 e. The first-order chi connectivity index (χ1) is 11.4. The molecule has 1 heterocycles. The maximum Gasteiger partial charge on any atom is 0.416 e. The molecule has 2 fully saturated rings. The predicted octanol–water partition coefficient (Wildman–Crippen LogP) is 3.00. The Labute approximate surface area is 151 Å². The number of morpholine rings is 1. The van der Waals surface area contributed by atoms with Crippen molar-refractivity contribution in [2.45, 2.75) is 44.1 Å². The summed E-state index contributed by atoms with van der Waals surface area (Å²) in [6.45, 7) is 1.78. The van der Waals surface area contributed by atoms with E-state index in [1.807, 2.05) is 0 Å². The van der Waals surface area contributed by atoms with E-state index in [0.717, 1.165) is 18.9 Å². The third-order valence-corrected chi connectivity index (χ3v) is 4.39. The number of rotatable bonds is 5. The maximum atomic E-state index is 13.2. The van der Waals surface area contributed by atoms with Gasteiger partial charge in [0.2, 0.25) is 5.91 Å². The molecule has 1 aliphatic heterocycles. The lowest BCUT2D eigenvalue weighted by Gasteiger charge is -2.28. The molecule has 0 radical (unpaired) electrons. The minimum atomic E-state index is -4.41. The highest BCUT2D eigenvalue weighted by Gasteiger charge is 2.37. The lowest BCUT2D eigenvalue weighted by atomic mass is 10.1. The van der Waals surface area contributed by atoms with Gasteiger partial charge in [0.05, 0.1) is 18.8 Å². The van der Waals surface area contributed by atoms with Gasteiger partial charge in [-0.05, 0) is 24.5 Å². The molecular formula is C17H22ClF3N2O2. The monoisotopic (exact) mass is 378 g/mol. The van der Waals surface area contributed by atoms with Gasteiger partial charge in [-0.1, -0.05) is 18.2 Å². The molecule has 0 bridgehead atoms. The molecule has 25 heavy (non-hydrogen) atoms. The molecule has 1 aromatic rings. The molecule has 1 saturated carbocycles. The summed E-state index contributed by atoms with van der Waals surface area (Å²) in [6.07, 6.45) is -2.44. The Balaban J connectivity index is 0.00000225. The van der Waals surface area contributed by atoms with Gasteiger partial charge in [0.1, 0.15) is 0 Å². The van der Waals surface area contributed by atoms with Crippen LogP contribution in [0, 0.1) is 0 Å². The number of alkyl halides is 3. The molecule has 1 unspecified atom stereocenters. The van der Waals surface area contributed by atoms with Crippen LogP contribution < -0.4 is 5.32 Å². The number of carbonyl (C=O) groups is 1. The van der Waals surface area contributed by atoms with Crippen LogP contribution in [0.1, 0.15) is 30.4 Å². The predicted molar refractivity (Wildman–Crippen MR) is 89.5 cm³/mol. The molecule has 1 N–H and O–H groups in total.